The van der Waals surface area contributed by atoms with Crippen molar-refractivity contribution in [3.8, 4) is 0 Å². The van der Waals surface area contributed by atoms with Crippen molar-refractivity contribution in [2.24, 2.45) is 0 Å². The molecule has 0 bridgehead atoms. The van der Waals surface area contributed by atoms with Gasteiger partial charge in [-0.1, -0.05) is 12.1 Å². The zero-order valence-electron chi connectivity index (χ0n) is 10.1. The first-order valence-corrected chi connectivity index (χ1v) is 6.41. The Morgan fingerprint density at radius 3 is 2.80 bits per heavy atom. The van der Waals surface area contributed by atoms with Crippen LogP contribution in [0.1, 0.15) is 16.1 Å². The normalized spacial score (nSPS) is 10.1. The minimum atomic E-state index is -0.624. The van der Waals surface area contributed by atoms with Crippen molar-refractivity contribution in [1.82, 2.24) is 10.5 Å². The van der Waals surface area contributed by atoms with Gasteiger partial charge < -0.3 is 0 Å². The predicted molar refractivity (Wildman–Crippen MR) is 70.1 cm³/mol. The third kappa shape index (κ3) is 3.37. The highest BCUT2D eigenvalue weighted by Gasteiger charge is 2.13. The molecule has 1 aromatic heterocycles. The van der Waals surface area contributed by atoms with Gasteiger partial charge in [0.25, 0.3) is 5.91 Å². The van der Waals surface area contributed by atoms with Crippen molar-refractivity contribution in [3.63, 3.8) is 0 Å². The van der Waals surface area contributed by atoms with Gasteiger partial charge in [-0.15, -0.1) is 11.3 Å². The predicted octanol–water partition coefficient (Wildman–Crippen LogP) is 1.58. The number of amides is 2. The second-order valence-corrected chi connectivity index (χ2v) is 4.65. The molecule has 8 heteroatoms. The number of anilines is 1. The van der Waals surface area contributed by atoms with Gasteiger partial charge >= 0.3 is 0 Å². The van der Waals surface area contributed by atoms with Gasteiger partial charge in [0, 0.05) is 5.38 Å². The lowest BCUT2D eigenvalue weighted by molar-refractivity contribution is -0.128. The zero-order valence-corrected chi connectivity index (χ0v) is 10.9. The molecule has 2 rings (SSSR count). The molecule has 0 spiro atoms. The summed E-state index contributed by atoms with van der Waals surface area (Å²) in [6.07, 6.45) is -0.109. The first kappa shape index (κ1) is 14.1. The standard InChI is InChI=1S/C12H10FN3O3S/c13-9-4-2-1-3-8(9)11(18)15-12-14-7(6-20-12)5-10(17)16-19/h1-4,6,19H,5H2,(H,16,17)(H,14,15,18). The molecule has 20 heavy (non-hydrogen) atoms. The van der Waals surface area contributed by atoms with Crippen LogP contribution in [0.25, 0.3) is 0 Å². The Hall–Kier alpha value is -2.32. The molecule has 0 atom stereocenters. The molecule has 1 heterocycles. The number of rotatable bonds is 4. The van der Waals surface area contributed by atoms with Gasteiger partial charge in [-0.3, -0.25) is 20.1 Å². The van der Waals surface area contributed by atoms with Crippen LogP contribution >= 0.6 is 11.3 Å². The molecule has 0 unspecified atom stereocenters. The largest absolute Gasteiger partial charge is 0.298 e. The molecule has 0 radical (unpaired) electrons. The van der Waals surface area contributed by atoms with Gasteiger partial charge in [-0.25, -0.2) is 14.9 Å². The van der Waals surface area contributed by atoms with E-state index in [0.29, 0.717) is 5.69 Å². The van der Waals surface area contributed by atoms with Crippen LogP contribution in [0.3, 0.4) is 0 Å². The Bertz CT molecular complexity index is 644. The molecule has 0 aliphatic carbocycles. The molecular formula is C12H10FN3O3S. The third-order valence-corrected chi connectivity index (χ3v) is 3.16. The summed E-state index contributed by atoms with van der Waals surface area (Å²) in [4.78, 5) is 26.7. The number of hydrogen-bond acceptors (Lipinski definition) is 5. The molecule has 2 amide bonds. The maximum atomic E-state index is 13.4. The highest BCUT2D eigenvalue weighted by atomic mass is 32.1. The Balaban J connectivity index is 2.05. The van der Waals surface area contributed by atoms with Gasteiger partial charge in [0.2, 0.25) is 5.91 Å². The van der Waals surface area contributed by atoms with Crippen LogP contribution < -0.4 is 10.8 Å². The number of carbonyl (C=O) groups is 2. The maximum Gasteiger partial charge on any atom is 0.260 e. The van der Waals surface area contributed by atoms with Gasteiger partial charge in [0.05, 0.1) is 17.7 Å². The summed E-state index contributed by atoms with van der Waals surface area (Å²) >= 11 is 1.10. The molecule has 2 aromatic rings. The van der Waals surface area contributed by atoms with Crippen molar-refractivity contribution < 1.29 is 19.2 Å². The molecule has 6 nitrogen and oxygen atoms in total. The Kier molecular flexibility index (Phi) is 4.38. The second-order valence-electron chi connectivity index (χ2n) is 3.79. The smallest absolute Gasteiger partial charge is 0.260 e. The van der Waals surface area contributed by atoms with Crippen LogP contribution in [-0.4, -0.2) is 22.0 Å². The number of thiazole rings is 1. The minimum Gasteiger partial charge on any atom is -0.298 e. The van der Waals surface area contributed by atoms with Crippen LogP contribution in [0, 0.1) is 5.82 Å². The van der Waals surface area contributed by atoms with E-state index in [1.165, 1.54) is 23.7 Å². The number of carbonyl (C=O) groups excluding carboxylic acids is 2. The second kappa shape index (κ2) is 6.22. The lowest BCUT2D eigenvalue weighted by Crippen LogP contribution is -2.20. The summed E-state index contributed by atoms with van der Waals surface area (Å²) in [7, 11) is 0. The van der Waals surface area contributed by atoms with Crippen LogP contribution in [0.2, 0.25) is 0 Å². The first-order chi connectivity index (χ1) is 9.60. The van der Waals surface area contributed by atoms with E-state index in [9.17, 15) is 14.0 Å². The Morgan fingerprint density at radius 1 is 1.35 bits per heavy atom. The number of aromatic nitrogens is 1. The average Bonchev–Trinajstić information content (AvgIpc) is 2.86. The SMILES string of the molecule is O=C(Cc1csc(NC(=O)c2ccccc2F)n1)NO. The molecule has 104 valence electrons. The monoisotopic (exact) mass is 295 g/mol. The summed E-state index contributed by atoms with van der Waals surface area (Å²) in [5.41, 5.74) is 1.79. The van der Waals surface area contributed by atoms with Crippen molar-refractivity contribution >= 4 is 28.3 Å². The molecule has 0 aliphatic rings. The molecule has 0 fully saturated rings. The molecule has 0 aliphatic heterocycles. The van der Waals surface area contributed by atoms with E-state index in [1.54, 1.807) is 11.4 Å². The summed E-state index contributed by atoms with van der Waals surface area (Å²) in [5.74, 6) is -1.85. The van der Waals surface area contributed by atoms with E-state index in [2.05, 4.69) is 10.3 Å². The maximum absolute atomic E-state index is 13.4. The Labute approximate surface area is 117 Å². The topological polar surface area (TPSA) is 91.3 Å². The summed E-state index contributed by atoms with van der Waals surface area (Å²) in [5, 5.41) is 12.6. The number of hydrogen-bond donors (Lipinski definition) is 3. The summed E-state index contributed by atoms with van der Waals surface area (Å²) in [6.45, 7) is 0. The zero-order chi connectivity index (χ0) is 14.5. The van der Waals surface area contributed by atoms with E-state index in [-0.39, 0.29) is 17.1 Å². The number of hydroxylamine groups is 1. The molecular weight excluding hydrogens is 285 g/mol. The fourth-order valence-electron chi connectivity index (χ4n) is 1.46. The molecule has 1 aromatic carbocycles. The highest BCUT2D eigenvalue weighted by molar-refractivity contribution is 7.14. The van der Waals surface area contributed by atoms with Crippen LogP contribution in [0.15, 0.2) is 29.6 Å². The van der Waals surface area contributed by atoms with Gasteiger partial charge in [-0.2, -0.15) is 0 Å². The summed E-state index contributed by atoms with van der Waals surface area (Å²) in [6, 6.07) is 5.59. The van der Waals surface area contributed by atoms with Crippen LogP contribution in [0.5, 0.6) is 0 Å². The van der Waals surface area contributed by atoms with Crippen LogP contribution in [0.4, 0.5) is 9.52 Å². The fourth-order valence-corrected chi connectivity index (χ4v) is 2.16. The van der Waals surface area contributed by atoms with E-state index >= 15 is 0 Å². The summed E-state index contributed by atoms with van der Waals surface area (Å²) < 4.78 is 13.4. The lowest BCUT2D eigenvalue weighted by Gasteiger charge is -2.02. The van der Waals surface area contributed by atoms with Gasteiger partial charge in [0.15, 0.2) is 5.13 Å². The lowest BCUT2D eigenvalue weighted by atomic mass is 10.2. The van der Waals surface area contributed by atoms with E-state index < -0.39 is 17.6 Å². The average molecular weight is 295 g/mol. The van der Waals surface area contributed by atoms with Crippen molar-refractivity contribution in [2.75, 3.05) is 5.32 Å². The van der Waals surface area contributed by atoms with E-state index in [1.807, 2.05) is 0 Å². The van der Waals surface area contributed by atoms with Gasteiger partial charge in [0.1, 0.15) is 5.82 Å². The first-order valence-electron chi connectivity index (χ1n) is 5.53. The van der Waals surface area contributed by atoms with Crippen molar-refractivity contribution in [1.29, 1.82) is 0 Å². The molecule has 3 N–H and O–H groups in total. The highest BCUT2D eigenvalue weighted by Crippen LogP contribution is 2.17. The van der Waals surface area contributed by atoms with E-state index in [0.717, 1.165) is 11.3 Å². The Morgan fingerprint density at radius 2 is 2.10 bits per heavy atom. The fraction of sp³-hybridized carbons (Fsp3) is 0.0833. The van der Waals surface area contributed by atoms with E-state index in [4.69, 9.17) is 5.21 Å². The van der Waals surface area contributed by atoms with Gasteiger partial charge in [-0.05, 0) is 12.1 Å². The quantitative estimate of drug-likeness (QED) is 0.590. The number of nitrogens with zero attached hydrogens (tertiary/aromatic N) is 1. The van der Waals surface area contributed by atoms with Crippen molar-refractivity contribution in [3.05, 3.63) is 46.7 Å². The number of benzene rings is 1. The van der Waals surface area contributed by atoms with Crippen molar-refractivity contribution in [2.45, 2.75) is 6.42 Å². The minimum absolute atomic E-state index is 0.0858. The molecule has 0 saturated carbocycles. The third-order valence-electron chi connectivity index (χ3n) is 2.36. The number of nitrogens with one attached hydrogen (secondary N) is 2. The number of halogens is 1. The molecule has 0 saturated heterocycles. The van der Waals surface area contributed by atoms with Crippen LogP contribution in [-0.2, 0) is 11.2 Å².